The van der Waals surface area contributed by atoms with E-state index in [4.69, 9.17) is 9.47 Å². The largest absolute Gasteiger partial charge is 0.492 e. The molecule has 0 radical (unpaired) electrons. The van der Waals surface area contributed by atoms with E-state index in [0.717, 1.165) is 17.5 Å². The van der Waals surface area contributed by atoms with Crippen LogP contribution in [-0.4, -0.2) is 46.6 Å². The van der Waals surface area contributed by atoms with Gasteiger partial charge in [0.15, 0.2) is 10.9 Å². The zero-order valence-corrected chi connectivity index (χ0v) is 13.5. The van der Waals surface area contributed by atoms with E-state index < -0.39 is 0 Å². The summed E-state index contributed by atoms with van der Waals surface area (Å²) in [6.45, 7) is 3.37. The standard InChI is InChI=1S/C15H19N3O3S/c1-12(19)13-5-3-4-6-14(13)21-9-10-22-15-17-16-11-18(15)7-8-20-2/h3-6,11H,7-10H2,1-2H3. The molecule has 1 aromatic heterocycles. The van der Waals surface area contributed by atoms with Gasteiger partial charge in [0.2, 0.25) is 0 Å². The maximum Gasteiger partial charge on any atom is 0.191 e. The number of methoxy groups -OCH3 is 1. The summed E-state index contributed by atoms with van der Waals surface area (Å²) in [6.07, 6.45) is 1.69. The molecule has 0 fully saturated rings. The lowest BCUT2D eigenvalue weighted by atomic mass is 10.1. The number of ether oxygens (including phenoxy) is 2. The Morgan fingerprint density at radius 1 is 1.32 bits per heavy atom. The monoisotopic (exact) mass is 321 g/mol. The third-order valence-electron chi connectivity index (χ3n) is 2.95. The predicted octanol–water partition coefficient (Wildman–Crippen LogP) is 2.30. The average molecular weight is 321 g/mol. The van der Waals surface area contributed by atoms with Crippen molar-refractivity contribution in [2.75, 3.05) is 26.1 Å². The molecule has 0 saturated heterocycles. The van der Waals surface area contributed by atoms with Gasteiger partial charge in [-0.05, 0) is 19.1 Å². The minimum absolute atomic E-state index is 0.00237. The quantitative estimate of drug-likeness (QED) is 0.401. The molecule has 0 N–H and O–H groups in total. The number of benzene rings is 1. The SMILES string of the molecule is COCCn1cnnc1SCCOc1ccccc1C(C)=O. The maximum absolute atomic E-state index is 11.5. The van der Waals surface area contributed by atoms with Gasteiger partial charge in [0, 0.05) is 19.4 Å². The first-order valence-corrected chi connectivity index (χ1v) is 7.93. The second-order valence-corrected chi connectivity index (χ2v) is 5.61. The zero-order valence-electron chi connectivity index (χ0n) is 12.7. The molecule has 0 saturated carbocycles. The van der Waals surface area contributed by atoms with Crippen LogP contribution in [0.3, 0.4) is 0 Å². The summed E-state index contributed by atoms with van der Waals surface area (Å²) in [5, 5.41) is 8.80. The number of ketones is 1. The number of hydrogen-bond donors (Lipinski definition) is 0. The highest BCUT2D eigenvalue weighted by atomic mass is 32.2. The molecule has 1 aromatic carbocycles. The molecule has 0 atom stereocenters. The van der Waals surface area contributed by atoms with Crippen LogP contribution < -0.4 is 4.74 Å². The van der Waals surface area contributed by atoms with Crippen molar-refractivity contribution in [2.45, 2.75) is 18.6 Å². The number of carbonyl (C=O) groups is 1. The lowest BCUT2D eigenvalue weighted by Gasteiger charge is -2.09. The highest BCUT2D eigenvalue weighted by Gasteiger charge is 2.08. The Morgan fingerprint density at radius 3 is 2.91 bits per heavy atom. The van der Waals surface area contributed by atoms with Crippen LogP contribution in [0.1, 0.15) is 17.3 Å². The van der Waals surface area contributed by atoms with Gasteiger partial charge in [-0.25, -0.2) is 0 Å². The number of aromatic nitrogens is 3. The molecular weight excluding hydrogens is 302 g/mol. The topological polar surface area (TPSA) is 66.2 Å². The molecule has 0 bridgehead atoms. The van der Waals surface area contributed by atoms with Crippen LogP contribution in [0.5, 0.6) is 5.75 Å². The smallest absolute Gasteiger partial charge is 0.191 e. The van der Waals surface area contributed by atoms with E-state index in [2.05, 4.69) is 10.2 Å². The van der Waals surface area contributed by atoms with Crippen molar-refractivity contribution < 1.29 is 14.3 Å². The van der Waals surface area contributed by atoms with Crippen molar-refractivity contribution in [1.82, 2.24) is 14.8 Å². The highest BCUT2D eigenvalue weighted by molar-refractivity contribution is 7.99. The number of hydrogen-bond acceptors (Lipinski definition) is 6. The van der Waals surface area contributed by atoms with E-state index in [0.29, 0.717) is 24.5 Å². The van der Waals surface area contributed by atoms with E-state index in [9.17, 15) is 4.79 Å². The number of rotatable bonds is 9. The molecule has 22 heavy (non-hydrogen) atoms. The fourth-order valence-corrected chi connectivity index (χ4v) is 2.63. The van der Waals surface area contributed by atoms with Crippen LogP contribution >= 0.6 is 11.8 Å². The third-order valence-corrected chi connectivity index (χ3v) is 3.90. The molecular formula is C15H19N3O3S. The highest BCUT2D eigenvalue weighted by Crippen LogP contribution is 2.20. The molecule has 2 rings (SSSR count). The summed E-state index contributed by atoms with van der Waals surface area (Å²) in [5.74, 6) is 1.34. The van der Waals surface area contributed by atoms with Crippen molar-refractivity contribution in [3.05, 3.63) is 36.2 Å². The van der Waals surface area contributed by atoms with E-state index in [1.165, 1.54) is 6.92 Å². The average Bonchev–Trinajstić information content (AvgIpc) is 2.97. The van der Waals surface area contributed by atoms with Crippen molar-refractivity contribution >= 4 is 17.5 Å². The molecule has 1 heterocycles. The van der Waals surface area contributed by atoms with Crippen LogP contribution in [0.2, 0.25) is 0 Å². The minimum atomic E-state index is 0.00237. The predicted molar refractivity (Wildman–Crippen MR) is 84.6 cm³/mol. The van der Waals surface area contributed by atoms with Crippen LogP contribution in [0, 0.1) is 0 Å². The number of thioether (sulfide) groups is 1. The van der Waals surface area contributed by atoms with Gasteiger partial charge in [0.05, 0.1) is 18.8 Å². The molecule has 0 spiro atoms. The normalized spacial score (nSPS) is 10.6. The van der Waals surface area contributed by atoms with Crippen LogP contribution in [-0.2, 0) is 11.3 Å². The Hall–Kier alpha value is -1.86. The van der Waals surface area contributed by atoms with E-state index in [1.54, 1.807) is 31.3 Å². The Bertz CT molecular complexity index is 616. The van der Waals surface area contributed by atoms with Gasteiger partial charge < -0.3 is 14.0 Å². The van der Waals surface area contributed by atoms with Gasteiger partial charge in [-0.2, -0.15) is 0 Å². The van der Waals surface area contributed by atoms with E-state index in [-0.39, 0.29) is 5.78 Å². The summed E-state index contributed by atoms with van der Waals surface area (Å²) in [6, 6.07) is 7.27. The molecule has 0 aliphatic carbocycles. The van der Waals surface area contributed by atoms with Crippen molar-refractivity contribution in [2.24, 2.45) is 0 Å². The molecule has 2 aromatic rings. The van der Waals surface area contributed by atoms with Gasteiger partial charge in [-0.3, -0.25) is 4.79 Å². The number of Topliss-reactive ketones (excluding diaryl/α,β-unsaturated/α-hetero) is 1. The lowest BCUT2D eigenvalue weighted by Crippen LogP contribution is -2.07. The molecule has 0 amide bonds. The molecule has 118 valence electrons. The van der Waals surface area contributed by atoms with Crippen molar-refractivity contribution in [1.29, 1.82) is 0 Å². The Kier molecular flexibility index (Phi) is 6.42. The fraction of sp³-hybridized carbons (Fsp3) is 0.400. The summed E-state index contributed by atoms with van der Waals surface area (Å²) in [7, 11) is 1.66. The van der Waals surface area contributed by atoms with Gasteiger partial charge in [0.25, 0.3) is 0 Å². The number of para-hydroxylation sites is 1. The van der Waals surface area contributed by atoms with Crippen LogP contribution in [0.4, 0.5) is 0 Å². The maximum atomic E-state index is 11.5. The van der Waals surface area contributed by atoms with Crippen LogP contribution in [0.25, 0.3) is 0 Å². The molecule has 0 aliphatic rings. The first-order chi connectivity index (χ1) is 10.7. The zero-order chi connectivity index (χ0) is 15.8. The Labute approximate surface area is 133 Å². The fourth-order valence-electron chi connectivity index (χ4n) is 1.87. The Balaban J connectivity index is 1.83. The Morgan fingerprint density at radius 2 is 2.14 bits per heavy atom. The second kappa shape index (κ2) is 8.55. The number of carbonyl (C=O) groups excluding carboxylic acids is 1. The van der Waals surface area contributed by atoms with Gasteiger partial charge in [-0.15, -0.1) is 10.2 Å². The van der Waals surface area contributed by atoms with Gasteiger partial charge in [-0.1, -0.05) is 23.9 Å². The van der Waals surface area contributed by atoms with E-state index >= 15 is 0 Å². The second-order valence-electron chi connectivity index (χ2n) is 4.55. The molecule has 7 heteroatoms. The van der Waals surface area contributed by atoms with Crippen LogP contribution in [0.15, 0.2) is 35.7 Å². The summed E-state index contributed by atoms with van der Waals surface area (Å²) in [5.41, 5.74) is 0.607. The molecule has 0 aliphatic heterocycles. The van der Waals surface area contributed by atoms with Gasteiger partial charge >= 0.3 is 0 Å². The van der Waals surface area contributed by atoms with E-state index in [1.807, 2.05) is 22.8 Å². The van der Waals surface area contributed by atoms with Crippen molar-refractivity contribution in [3.8, 4) is 5.75 Å². The summed E-state index contributed by atoms with van der Waals surface area (Å²) >= 11 is 1.56. The number of nitrogens with zero attached hydrogens (tertiary/aromatic N) is 3. The third kappa shape index (κ3) is 4.57. The lowest BCUT2D eigenvalue weighted by molar-refractivity contribution is 0.101. The summed E-state index contributed by atoms with van der Waals surface area (Å²) in [4.78, 5) is 11.5. The first kappa shape index (κ1) is 16.5. The molecule has 6 nitrogen and oxygen atoms in total. The van der Waals surface area contributed by atoms with Crippen molar-refractivity contribution in [3.63, 3.8) is 0 Å². The summed E-state index contributed by atoms with van der Waals surface area (Å²) < 4.78 is 12.7. The molecule has 0 unspecified atom stereocenters. The minimum Gasteiger partial charge on any atom is -0.492 e. The van der Waals surface area contributed by atoms with Gasteiger partial charge in [0.1, 0.15) is 12.1 Å². The first-order valence-electron chi connectivity index (χ1n) is 6.94.